The summed E-state index contributed by atoms with van der Waals surface area (Å²) in [5, 5.41) is 12.5. The molecule has 0 saturated carbocycles. The van der Waals surface area contributed by atoms with Gasteiger partial charge < -0.3 is 10.3 Å². The molecular weight excluding hydrogens is 248 g/mol. The molecule has 0 fully saturated rings. The van der Waals surface area contributed by atoms with E-state index in [1.54, 1.807) is 0 Å². The highest BCUT2D eigenvalue weighted by atomic mass is 32.1. The third kappa shape index (κ3) is 2.59. The van der Waals surface area contributed by atoms with Gasteiger partial charge in [-0.25, -0.2) is 0 Å². The van der Waals surface area contributed by atoms with Crippen LogP contribution in [0.25, 0.3) is 10.6 Å². The number of rotatable bonds is 4. The van der Waals surface area contributed by atoms with Gasteiger partial charge in [-0.3, -0.25) is 4.79 Å². The first-order valence-electron chi connectivity index (χ1n) is 5.92. The molecule has 96 valence electrons. The van der Waals surface area contributed by atoms with Crippen LogP contribution in [0.15, 0.2) is 16.9 Å². The van der Waals surface area contributed by atoms with E-state index in [0.717, 1.165) is 17.4 Å². The molecule has 0 aliphatic rings. The van der Waals surface area contributed by atoms with Crippen LogP contribution >= 0.6 is 11.3 Å². The molecule has 0 aliphatic heterocycles. The first-order chi connectivity index (χ1) is 8.61. The maximum atomic E-state index is 12.0. The summed E-state index contributed by atoms with van der Waals surface area (Å²) in [5.74, 6) is 0.304. The summed E-state index contributed by atoms with van der Waals surface area (Å²) in [6, 6.07) is 3.74. The maximum Gasteiger partial charge on any atom is 0.258 e. The van der Waals surface area contributed by atoms with Gasteiger partial charge in [0.25, 0.3) is 5.56 Å². The number of hydrogen-bond donors (Lipinski definition) is 2. The highest BCUT2D eigenvalue weighted by Gasteiger charge is 2.11. The lowest BCUT2D eigenvalue weighted by Crippen LogP contribution is -2.11. The molecule has 2 rings (SSSR count). The summed E-state index contributed by atoms with van der Waals surface area (Å²) in [4.78, 5) is 14.9. The van der Waals surface area contributed by atoms with Gasteiger partial charge in [-0.2, -0.15) is 0 Å². The number of H-pyrrole nitrogens is 1. The lowest BCUT2D eigenvalue weighted by atomic mass is 10.1. The minimum absolute atomic E-state index is 0.111. The van der Waals surface area contributed by atoms with Gasteiger partial charge in [0.1, 0.15) is 0 Å². The topological polar surface area (TPSA) is 70.7 Å². The largest absolute Gasteiger partial charge is 0.360 e. The van der Waals surface area contributed by atoms with E-state index < -0.39 is 0 Å². The van der Waals surface area contributed by atoms with Crippen LogP contribution in [0.3, 0.4) is 0 Å². The number of nitrogens with one attached hydrogen (secondary N) is 2. The minimum atomic E-state index is -0.111. The second-order valence-electron chi connectivity index (χ2n) is 4.25. The Morgan fingerprint density at radius 2 is 2.17 bits per heavy atom. The zero-order chi connectivity index (χ0) is 13.1. The van der Waals surface area contributed by atoms with Gasteiger partial charge in [-0.15, -0.1) is 10.2 Å². The van der Waals surface area contributed by atoms with Crippen LogP contribution < -0.4 is 10.9 Å². The second-order valence-corrected chi connectivity index (χ2v) is 5.23. The summed E-state index contributed by atoms with van der Waals surface area (Å²) in [6.45, 7) is 6.86. The smallest absolute Gasteiger partial charge is 0.258 e. The molecule has 0 aliphatic carbocycles. The summed E-state index contributed by atoms with van der Waals surface area (Å²) in [5.41, 5.74) is 1.39. The molecule has 0 spiro atoms. The Labute approximate surface area is 109 Å². The van der Waals surface area contributed by atoms with Gasteiger partial charge in [0, 0.05) is 12.2 Å². The van der Waals surface area contributed by atoms with Crippen molar-refractivity contribution in [2.24, 2.45) is 0 Å². The number of anilines is 1. The third-order valence-electron chi connectivity index (χ3n) is 2.54. The molecule has 0 bridgehead atoms. The number of nitrogens with zero attached hydrogens (tertiary/aromatic N) is 2. The summed E-state index contributed by atoms with van der Waals surface area (Å²) in [7, 11) is 0. The molecule has 2 aromatic rings. The minimum Gasteiger partial charge on any atom is -0.360 e. The van der Waals surface area contributed by atoms with E-state index in [1.165, 1.54) is 11.3 Å². The van der Waals surface area contributed by atoms with Gasteiger partial charge >= 0.3 is 0 Å². The molecule has 0 radical (unpaired) electrons. The molecule has 0 saturated heterocycles. The molecule has 0 aromatic carbocycles. The Bertz CT molecular complexity index is 588. The monoisotopic (exact) mass is 264 g/mol. The van der Waals surface area contributed by atoms with Gasteiger partial charge in [-0.1, -0.05) is 25.2 Å². The molecule has 2 N–H and O–H groups in total. The van der Waals surface area contributed by atoms with Crippen LogP contribution in [-0.4, -0.2) is 21.7 Å². The van der Waals surface area contributed by atoms with Crippen molar-refractivity contribution in [2.45, 2.75) is 26.7 Å². The fourth-order valence-electron chi connectivity index (χ4n) is 1.55. The van der Waals surface area contributed by atoms with Gasteiger partial charge in [0.15, 0.2) is 5.01 Å². The van der Waals surface area contributed by atoms with Crippen molar-refractivity contribution in [3.05, 3.63) is 28.2 Å². The molecule has 2 heterocycles. The van der Waals surface area contributed by atoms with E-state index >= 15 is 0 Å². The normalized spacial score (nSPS) is 10.9. The number of aromatic nitrogens is 3. The zero-order valence-electron chi connectivity index (χ0n) is 10.7. The molecule has 0 atom stereocenters. The molecule has 0 amide bonds. The first kappa shape index (κ1) is 12.8. The average Bonchev–Trinajstić information content (AvgIpc) is 2.77. The van der Waals surface area contributed by atoms with E-state index in [-0.39, 0.29) is 5.56 Å². The molecule has 0 unspecified atom stereocenters. The van der Waals surface area contributed by atoms with Gasteiger partial charge in [0.2, 0.25) is 5.13 Å². The molecular formula is C12H16N4OS. The Balaban J connectivity index is 2.35. The second kappa shape index (κ2) is 5.30. The molecule has 18 heavy (non-hydrogen) atoms. The molecule has 6 heteroatoms. The van der Waals surface area contributed by atoms with Crippen LogP contribution in [0.4, 0.5) is 5.13 Å². The van der Waals surface area contributed by atoms with E-state index in [4.69, 9.17) is 0 Å². The van der Waals surface area contributed by atoms with Crippen LogP contribution in [-0.2, 0) is 0 Å². The quantitative estimate of drug-likeness (QED) is 0.890. The van der Waals surface area contributed by atoms with Crippen LogP contribution in [0.2, 0.25) is 0 Å². The standard InChI is InChI=1S/C12H16N4OS/c1-4-13-12-16-15-11(18-12)8-5-6-9(7(2)3)14-10(8)17/h5-7H,4H2,1-3H3,(H,13,16)(H,14,17). The predicted octanol–water partition coefficient (Wildman–Crippen LogP) is 2.45. The Kier molecular flexibility index (Phi) is 3.76. The molecule has 5 nitrogen and oxygen atoms in total. The lowest BCUT2D eigenvalue weighted by molar-refractivity contribution is 0.816. The van der Waals surface area contributed by atoms with E-state index in [0.29, 0.717) is 16.5 Å². The van der Waals surface area contributed by atoms with Crippen molar-refractivity contribution in [3.8, 4) is 10.6 Å². The van der Waals surface area contributed by atoms with Crippen molar-refractivity contribution in [2.75, 3.05) is 11.9 Å². The van der Waals surface area contributed by atoms with Crippen molar-refractivity contribution in [1.82, 2.24) is 15.2 Å². The maximum absolute atomic E-state index is 12.0. The number of pyridine rings is 1. The van der Waals surface area contributed by atoms with E-state index in [2.05, 4.69) is 20.5 Å². The van der Waals surface area contributed by atoms with Crippen molar-refractivity contribution in [3.63, 3.8) is 0 Å². The first-order valence-corrected chi connectivity index (χ1v) is 6.74. The highest BCUT2D eigenvalue weighted by Crippen LogP contribution is 2.24. The number of hydrogen-bond acceptors (Lipinski definition) is 5. The molecule has 2 aromatic heterocycles. The van der Waals surface area contributed by atoms with Crippen molar-refractivity contribution >= 4 is 16.5 Å². The Morgan fingerprint density at radius 3 is 2.78 bits per heavy atom. The number of aromatic amines is 1. The van der Waals surface area contributed by atoms with Crippen LogP contribution in [0.5, 0.6) is 0 Å². The summed E-state index contributed by atoms with van der Waals surface area (Å²) in [6.07, 6.45) is 0. The van der Waals surface area contributed by atoms with Crippen LogP contribution in [0, 0.1) is 0 Å². The Hall–Kier alpha value is -1.69. The van der Waals surface area contributed by atoms with E-state index in [1.807, 2.05) is 32.9 Å². The van der Waals surface area contributed by atoms with E-state index in [9.17, 15) is 4.79 Å². The summed E-state index contributed by atoms with van der Waals surface area (Å²) >= 11 is 1.39. The fourth-order valence-corrected chi connectivity index (χ4v) is 2.38. The SMILES string of the molecule is CCNc1nnc(-c2ccc(C(C)C)[nH]c2=O)s1. The van der Waals surface area contributed by atoms with Crippen molar-refractivity contribution in [1.29, 1.82) is 0 Å². The average molecular weight is 264 g/mol. The highest BCUT2D eigenvalue weighted by molar-refractivity contribution is 7.18. The fraction of sp³-hybridized carbons (Fsp3) is 0.417. The lowest BCUT2D eigenvalue weighted by Gasteiger charge is -2.04. The van der Waals surface area contributed by atoms with Crippen LogP contribution in [0.1, 0.15) is 32.4 Å². The Morgan fingerprint density at radius 1 is 1.39 bits per heavy atom. The zero-order valence-corrected chi connectivity index (χ0v) is 11.5. The van der Waals surface area contributed by atoms with Gasteiger partial charge in [0.05, 0.1) is 5.56 Å². The third-order valence-corrected chi connectivity index (χ3v) is 3.45. The summed E-state index contributed by atoms with van der Waals surface area (Å²) < 4.78 is 0. The predicted molar refractivity (Wildman–Crippen MR) is 74.2 cm³/mol. The van der Waals surface area contributed by atoms with Crippen molar-refractivity contribution < 1.29 is 0 Å². The van der Waals surface area contributed by atoms with Gasteiger partial charge in [-0.05, 0) is 25.0 Å².